The van der Waals surface area contributed by atoms with Gasteiger partial charge in [-0.3, -0.25) is 9.59 Å². The number of nitrogens with one attached hydrogen (secondary N) is 1. The summed E-state index contributed by atoms with van der Waals surface area (Å²) in [5.41, 5.74) is 4.58. The Bertz CT molecular complexity index is 1000. The first-order valence-electron chi connectivity index (χ1n) is 11.7. The van der Waals surface area contributed by atoms with Crippen LogP contribution in [0.25, 0.3) is 11.1 Å². The van der Waals surface area contributed by atoms with Gasteiger partial charge in [-0.05, 0) is 42.0 Å². The smallest absolute Gasteiger partial charge is 0.407 e. The lowest BCUT2D eigenvalue weighted by Crippen LogP contribution is -2.50. The molecule has 2 N–H and O–H groups in total. The normalized spacial score (nSPS) is 16.4. The number of hydrogen-bond acceptors (Lipinski definition) is 5. The van der Waals surface area contributed by atoms with Crippen LogP contribution in [0.1, 0.15) is 43.2 Å². The Labute approximate surface area is 198 Å². The van der Waals surface area contributed by atoms with Crippen molar-refractivity contribution in [1.82, 2.24) is 10.2 Å². The Balaban J connectivity index is 1.25. The second-order valence-corrected chi connectivity index (χ2v) is 8.73. The van der Waals surface area contributed by atoms with Crippen LogP contribution in [0.4, 0.5) is 4.79 Å². The first-order chi connectivity index (χ1) is 16.4. The second kappa shape index (κ2) is 10.7. The van der Waals surface area contributed by atoms with E-state index in [2.05, 4.69) is 29.6 Å². The van der Waals surface area contributed by atoms with E-state index in [9.17, 15) is 14.4 Å². The van der Waals surface area contributed by atoms with Gasteiger partial charge < -0.3 is 24.8 Å². The summed E-state index contributed by atoms with van der Waals surface area (Å²) in [4.78, 5) is 37.5. The van der Waals surface area contributed by atoms with Crippen LogP contribution in [0.2, 0.25) is 0 Å². The van der Waals surface area contributed by atoms with E-state index >= 15 is 0 Å². The average Bonchev–Trinajstić information content (AvgIpc) is 3.16. The molecule has 0 spiro atoms. The molecule has 0 radical (unpaired) electrons. The number of nitrogens with zero attached hydrogens (tertiary/aromatic N) is 1. The third-order valence-corrected chi connectivity index (χ3v) is 6.47. The zero-order valence-corrected chi connectivity index (χ0v) is 19.2. The molecule has 34 heavy (non-hydrogen) atoms. The summed E-state index contributed by atoms with van der Waals surface area (Å²) < 4.78 is 11.1. The molecule has 2 amide bonds. The molecule has 0 bridgehead atoms. The zero-order valence-electron chi connectivity index (χ0n) is 19.2. The molecule has 180 valence electrons. The molecule has 1 aliphatic carbocycles. The average molecular weight is 467 g/mol. The van der Waals surface area contributed by atoms with Crippen LogP contribution < -0.4 is 5.32 Å². The molecule has 2 aliphatic rings. The van der Waals surface area contributed by atoms with Crippen molar-refractivity contribution >= 4 is 18.0 Å². The number of carbonyl (C=O) groups excluding carboxylic acids is 2. The summed E-state index contributed by atoms with van der Waals surface area (Å²) in [6, 6.07) is 15.5. The van der Waals surface area contributed by atoms with Gasteiger partial charge in [-0.25, -0.2) is 4.79 Å². The molecular weight excluding hydrogens is 436 g/mol. The lowest BCUT2D eigenvalue weighted by atomic mass is 9.98. The number of alkyl carbamates (subject to hydrolysis) is 1. The number of fused-ring (bicyclic) bond motifs is 3. The van der Waals surface area contributed by atoms with Crippen molar-refractivity contribution in [3.8, 4) is 11.1 Å². The van der Waals surface area contributed by atoms with E-state index in [4.69, 9.17) is 14.6 Å². The van der Waals surface area contributed by atoms with Crippen molar-refractivity contribution in [2.45, 2.75) is 44.2 Å². The predicted molar refractivity (Wildman–Crippen MR) is 125 cm³/mol. The number of rotatable bonds is 8. The summed E-state index contributed by atoms with van der Waals surface area (Å²) in [5, 5.41) is 11.4. The lowest BCUT2D eigenvalue weighted by molar-refractivity contribution is -0.139. The van der Waals surface area contributed by atoms with E-state index in [1.807, 2.05) is 24.3 Å². The van der Waals surface area contributed by atoms with Gasteiger partial charge in [-0.1, -0.05) is 48.5 Å². The monoisotopic (exact) mass is 466 g/mol. The topological polar surface area (TPSA) is 105 Å². The number of aliphatic carboxylic acids is 1. The minimum absolute atomic E-state index is 0.0275. The Morgan fingerprint density at radius 1 is 1.03 bits per heavy atom. The molecule has 1 atom stereocenters. The number of amides is 2. The maximum atomic E-state index is 12.8. The molecule has 2 aromatic carbocycles. The van der Waals surface area contributed by atoms with Gasteiger partial charge in [0, 0.05) is 19.0 Å². The van der Waals surface area contributed by atoms with Crippen molar-refractivity contribution in [2.24, 2.45) is 0 Å². The van der Waals surface area contributed by atoms with Crippen LogP contribution in [0.15, 0.2) is 48.5 Å². The van der Waals surface area contributed by atoms with Crippen LogP contribution in [-0.2, 0) is 19.1 Å². The summed E-state index contributed by atoms with van der Waals surface area (Å²) in [6.07, 6.45) is 0.593. The van der Waals surface area contributed by atoms with Crippen molar-refractivity contribution in [3.05, 3.63) is 59.7 Å². The van der Waals surface area contributed by atoms with E-state index in [1.165, 1.54) is 0 Å². The number of hydrogen-bond donors (Lipinski definition) is 2. The SMILES string of the molecule is C[C@@H](NC(=O)OCC1c2ccccc2-c2ccccc21)C(=O)N1CCC(OCCC(=O)O)CC1. The molecule has 8 nitrogen and oxygen atoms in total. The van der Waals surface area contributed by atoms with Gasteiger partial charge in [0.25, 0.3) is 0 Å². The van der Waals surface area contributed by atoms with Gasteiger partial charge in [0.15, 0.2) is 0 Å². The minimum Gasteiger partial charge on any atom is -0.481 e. The molecule has 4 rings (SSSR count). The van der Waals surface area contributed by atoms with E-state index < -0.39 is 18.1 Å². The van der Waals surface area contributed by atoms with Crippen LogP contribution >= 0.6 is 0 Å². The highest BCUT2D eigenvalue weighted by atomic mass is 16.5. The number of ether oxygens (including phenoxy) is 2. The third-order valence-electron chi connectivity index (χ3n) is 6.47. The summed E-state index contributed by atoms with van der Waals surface area (Å²) >= 11 is 0. The predicted octanol–water partition coefficient (Wildman–Crippen LogP) is 3.40. The number of carbonyl (C=O) groups is 3. The first kappa shape index (κ1) is 23.8. The molecule has 1 fully saturated rings. The third kappa shape index (κ3) is 5.39. The minimum atomic E-state index is -0.888. The standard InChI is InChI=1S/C26H30N2O6/c1-17(25(31)28-13-10-18(11-14-28)33-15-12-24(29)30)27-26(32)34-16-23-21-8-4-2-6-19(21)20-7-3-5-9-22(20)23/h2-9,17-18,23H,10-16H2,1H3,(H,27,32)(H,29,30)/t17-/m1/s1. The molecule has 8 heteroatoms. The molecule has 0 saturated carbocycles. The maximum absolute atomic E-state index is 12.8. The lowest BCUT2D eigenvalue weighted by Gasteiger charge is -2.33. The van der Waals surface area contributed by atoms with Crippen LogP contribution in [0.5, 0.6) is 0 Å². The number of carboxylic acid groups (broad SMARTS) is 1. The molecule has 2 aromatic rings. The summed E-state index contributed by atoms with van der Waals surface area (Å²) in [5.74, 6) is -1.09. The van der Waals surface area contributed by atoms with Gasteiger partial charge in [0.2, 0.25) is 5.91 Å². The Hall–Kier alpha value is -3.39. The number of carboxylic acids is 1. The van der Waals surface area contributed by atoms with E-state index in [1.54, 1.807) is 11.8 Å². The van der Waals surface area contributed by atoms with Crippen molar-refractivity contribution in [3.63, 3.8) is 0 Å². The Morgan fingerprint density at radius 2 is 1.62 bits per heavy atom. The highest BCUT2D eigenvalue weighted by Gasteiger charge is 2.30. The van der Waals surface area contributed by atoms with Crippen molar-refractivity contribution in [2.75, 3.05) is 26.3 Å². The summed E-state index contributed by atoms with van der Waals surface area (Å²) in [6.45, 7) is 3.04. The highest BCUT2D eigenvalue weighted by molar-refractivity contribution is 5.85. The fourth-order valence-electron chi connectivity index (χ4n) is 4.71. The van der Waals surface area contributed by atoms with Gasteiger partial charge >= 0.3 is 12.1 Å². The molecule has 1 aliphatic heterocycles. The highest BCUT2D eigenvalue weighted by Crippen LogP contribution is 2.44. The van der Waals surface area contributed by atoms with Crippen LogP contribution in [-0.4, -0.2) is 66.4 Å². The molecule has 0 unspecified atom stereocenters. The Kier molecular flexibility index (Phi) is 7.47. The molecular formula is C26H30N2O6. The fourth-order valence-corrected chi connectivity index (χ4v) is 4.71. The van der Waals surface area contributed by atoms with Crippen LogP contribution in [0.3, 0.4) is 0 Å². The fraction of sp³-hybridized carbons (Fsp3) is 0.423. The molecule has 0 aromatic heterocycles. The van der Waals surface area contributed by atoms with Gasteiger partial charge in [0.1, 0.15) is 12.6 Å². The molecule has 1 heterocycles. The van der Waals surface area contributed by atoms with E-state index in [0.29, 0.717) is 25.9 Å². The molecule has 1 saturated heterocycles. The first-order valence-corrected chi connectivity index (χ1v) is 11.7. The number of benzene rings is 2. The maximum Gasteiger partial charge on any atom is 0.407 e. The van der Waals surface area contributed by atoms with E-state index in [0.717, 1.165) is 22.3 Å². The number of likely N-dealkylation sites (tertiary alicyclic amines) is 1. The van der Waals surface area contributed by atoms with Crippen molar-refractivity contribution < 1.29 is 29.0 Å². The van der Waals surface area contributed by atoms with E-state index in [-0.39, 0.29) is 37.6 Å². The van der Waals surface area contributed by atoms with Gasteiger partial charge in [-0.2, -0.15) is 0 Å². The van der Waals surface area contributed by atoms with Gasteiger partial charge in [0.05, 0.1) is 19.1 Å². The largest absolute Gasteiger partial charge is 0.481 e. The quantitative estimate of drug-likeness (QED) is 0.618. The second-order valence-electron chi connectivity index (χ2n) is 8.73. The summed E-state index contributed by atoms with van der Waals surface area (Å²) in [7, 11) is 0. The zero-order chi connectivity index (χ0) is 24.1. The van der Waals surface area contributed by atoms with Crippen molar-refractivity contribution in [1.29, 1.82) is 0 Å². The van der Waals surface area contributed by atoms with Gasteiger partial charge in [-0.15, -0.1) is 0 Å². The van der Waals surface area contributed by atoms with Crippen LogP contribution in [0, 0.1) is 0 Å². The Morgan fingerprint density at radius 3 is 2.21 bits per heavy atom. The number of piperidine rings is 1.